The van der Waals surface area contributed by atoms with E-state index in [9.17, 15) is 0 Å². The van der Waals surface area contributed by atoms with Crippen LogP contribution in [0.25, 0.3) is 0 Å². The van der Waals surface area contributed by atoms with Crippen molar-refractivity contribution >= 4 is 18.2 Å². The maximum absolute atomic E-state index is 5.66. The fraction of sp³-hybridized carbons (Fsp3) is 0.545. The summed E-state index contributed by atoms with van der Waals surface area (Å²) in [6, 6.07) is 4.17. The van der Waals surface area contributed by atoms with Crippen molar-refractivity contribution in [3.8, 4) is 0 Å². The van der Waals surface area contributed by atoms with E-state index in [-0.39, 0.29) is 12.4 Å². The molecule has 2 rings (SSSR count). The average Bonchev–Trinajstić information content (AvgIpc) is 2.66. The number of anilines is 1. The molecule has 0 saturated carbocycles. The van der Waals surface area contributed by atoms with Crippen LogP contribution in [0.15, 0.2) is 18.3 Å². The molecule has 0 aliphatic carbocycles. The lowest BCUT2D eigenvalue weighted by atomic mass is 10.1. The lowest BCUT2D eigenvalue weighted by Gasteiger charge is -2.17. The molecule has 1 unspecified atom stereocenters. The quantitative estimate of drug-likeness (QED) is 0.835. The van der Waals surface area contributed by atoms with E-state index in [1.807, 2.05) is 12.3 Å². The smallest absolute Gasteiger partial charge is 0.128 e. The van der Waals surface area contributed by atoms with Gasteiger partial charge in [-0.3, -0.25) is 0 Å². The summed E-state index contributed by atoms with van der Waals surface area (Å²) in [6.45, 7) is 5.05. The first kappa shape index (κ1) is 12.3. The molecular formula is C11H18ClN3. The van der Waals surface area contributed by atoms with E-state index >= 15 is 0 Å². The SMILES string of the molecule is Cc1ccnc(N2CCC(CN)C2)c1.Cl. The van der Waals surface area contributed by atoms with Crippen LogP contribution in [-0.2, 0) is 0 Å². The molecule has 15 heavy (non-hydrogen) atoms. The zero-order valence-corrected chi connectivity index (χ0v) is 9.83. The molecule has 0 bridgehead atoms. The molecule has 3 nitrogen and oxygen atoms in total. The number of aryl methyl sites for hydroxylation is 1. The van der Waals surface area contributed by atoms with Gasteiger partial charge in [-0.1, -0.05) is 0 Å². The highest BCUT2D eigenvalue weighted by Gasteiger charge is 2.21. The summed E-state index contributed by atoms with van der Waals surface area (Å²) in [5.74, 6) is 1.75. The molecule has 0 aromatic carbocycles. The summed E-state index contributed by atoms with van der Waals surface area (Å²) in [5.41, 5.74) is 6.93. The third kappa shape index (κ3) is 2.83. The van der Waals surface area contributed by atoms with Crippen molar-refractivity contribution in [2.45, 2.75) is 13.3 Å². The highest BCUT2D eigenvalue weighted by Crippen LogP contribution is 2.21. The van der Waals surface area contributed by atoms with Gasteiger partial charge in [-0.15, -0.1) is 12.4 Å². The third-order valence-electron chi connectivity index (χ3n) is 2.84. The second-order valence-corrected chi connectivity index (χ2v) is 4.03. The van der Waals surface area contributed by atoms with Gasteiger partial charge in [-0.25, -0.2) is 4.98 Å². The molecule has 2 N–H and O–H groups in total. The molecule has 1 fully saturated rings. The molecule has 0 radical (unpaired) electrons. The van der Waals surface area contributed by atoms with Crippen molar-refractivity contribution in [2.24, 2.45) is 11.7 Å². The van der Waals surface area contributed by atoms with Gasteiger partial charge in [-0.05, 0) is 43.5 Å². The van der Waals surface area contributed by atoms with Crippen LogP contribution in [0.1, 0.15) is 12.0 Å². The van der Waals surface area contributed by atoms with Crippen LogP contribution in [0.2, 0.25) is 0 Å². The van der Waals surface area contributed by atoms with Gasteiger partial charge in [0, 0.05) is 19.3 Å². The Morgan fingerprint density at radius 2 is 2.40 bits per heavy atom. The molecule has 84 valence electrons. The topological polar surface area (TPSA) is 42.2 Å². The molecule has 2 heterocycles. The molecule has 1 aromatic rings. The van der Waals surface area contributed by atoms with Crippen LogP contribution in [0, 0.1) is 12.8 Å². The van der Waals surface area contributed by atoms with Gasteiger partial charge < -0.3 is 10.6 Å². The van der Waals surface area contributed by atoms with E-state index in [2.05, 4.69) is 22.9 Å². The molecule has 1 aliphatic heterocycles. The minimum Gasteiger partial charge on any atom is -0.356 e. The second kappa shape index (κ2) is 5.33. The first-order chi connectivity index (χ1) is 6.79. The van der Waals surface area contributed by atoms with E-state index in [0.29, 0.717) is 5.92 Å². The summed E-state index contributed by atoms with van der Waals surface area (Å²) in [4.78, 5) is 6.70. The Kier molecular flexibility index (Phi) is 4.36. The van der Waals surface area contributed by atoms with Gasteiger partial charge in [0.05, 0.1) is 0 Å². The number of hydrogen-bond acceptors (Lipinski definition) is 3. The maximum atomic E-state index is 5.66. The zero-order valence-electron chi connectivity index (χ0n) is 9.02. The highest BCUT2D eigenvalue weighted by molar-refractivity contribution is 5.85. The van der Waals surface area contributed by atoms with Crippen molar-refractivity contribution in [1.29, 1.82) is 0 Å². The Labute approximate surface area is 97.1 Å². The predicted molar refractivity (Wildman–Crippen MR) is 65.6 cm³/mol. The van der Waals surface area contributed by atoms with Crippen molar-refractivity contribution in [3.05, 3.63) is 23.9 Å². The fourth-order valence-electron chi connectivity index (χ4n) is 1.93. The van der Waals surface area contributed by atoms with Gasteiger partial charge in [0.2, 0.25) is 0 Å². The monoisotopic (exact) mass is 227 g/mol. The van der Waals surface area contributed by atoms with E-state index < -0.39 is 0 Å². The standard InChI is InChI=1S/C11H17N3.ClH/c1-9-2-4-13-11(6-9)14-5-3-10(7-12)8-14;/h2,4,6,10H,3,5,7-8,12H2,1H3;1H. The number of pyridine rings is 1. The minimum absolute atomic E-state index is 0. The highest BCUT2D eigenvalue weighted by atomic mass is 35.5. The van der Waals surface area contributed by atoms with E-state index in [4.69, 9.17) is 5.73 Å². The summed E-state index contributed by atoms with van der Waals surface area (Å²) in [7, 11) is 0. The first-order valence-corrected chi connectivity index (χ1v) is 5.17. The van der Waals surface area contributed by atoms with Crippen molar-refractivity contribution in [3.63, 3.8) is 0 Å². The minimum atomic E-state index is 0. The van der Waals surface area contributed by atoms with Crippen LogP contribution in [-0.4, -0.2) is 24.6 Å². The summed E-state index contributed by atoms with van der Waals surface area (Å²) in [6.07, 6.45) is 3.08. The Hall–Kier alpha value is -0.800. The first-order valence-electron chi connectivity index (χ1n) is 5.17. The molecule has 0 amide bonds. The van der Waals surface area contributed by atoms with Crippen LogP contribution in [0.5, 0.6) is 0 Å². The van der Waals surface area contributed by atoms with Crippen molar-refractivity contribution in [2.75, 3.05) is 24.5 Å². The number of hydrogen-bond donors (Lipinski definition) is 1. The molecule has 4 heteroatoms. The molecule has 1 saturated heterocycles. The largest absolute Gasteiger partial charge is 0.356 e. The van der Waals surface area contributed by atoms with Crippen molar-refractivity contribution in [1.82, 2.24) is 4.98 Å². The summed E-state index contributed by atoms with van der Waals surface area (Å²) >= 11 is 0. The van der Waals surface area contributed by atoms with Crippen LogP contribution in [0.4, 0.5) is 5.82 Å². The van der Waals surface area contributed by atoms with Gasteiger partial charge in [0.15, 0.2) is 0 Å². The van der Waals surface area contributed by atoms with Gasteiger partial charge in [-0.2, -0.15) is 0 Å². The number of nitrogens with two attached hydrogens (primary N) is 1. The van der Waals surface area contributed by atoms with Crippen LogP contribution in [0.3, 0.4) is 0 Å². The average molecular weight is 228 g/mol. The Bertz CT molecular complexity index is 316. The molecule has 0 spiro atoms. The number of aromatic nitrogens is 1. The molecule has 1 aliphatic rings. The van der Waals surface area contributed by atoms with Crippen LogP contribution < -0.4 is 10.6 Å². The maximum Gasteiger partial charge on any atom is 0.128 e. The van der Waals surface area contributed by atoms with Gasteiger partial charge in [0.25, 0.3) is 0 Å². The van der Waals surface area contributed by atoms with Gasteiger partial charge in [0.1, 0.15) is 5.82 Å². The zero-order chi connectivity index (χ0) is 9.97. The number of rotatable bonds is 2. The molecule has 1 atom stereocenters. The summed E-state index contributed by atoms with van der Waals surface area (Å²) in [5, 5.41) is 0. The summed E-state index contributed by atoms with van der Waals surface area (Å²) < 4.78 is 0. The lowest BCUT2D eigenvalue weighted by Crippen LogP contribution is -2.23. The predicted octanol–water partition coefficient (Wildman–Crippen LogP) is 1.60. The normalized spacial score (nSPS) is 20.1. The fourth-order valence-corrected chi connectivity index (χ4v) is 1.93. The number of nitrogens with zero attached hydrogens (tertiary/aromatic N) is 2. The molecular weight excluding hydrogens is 210 g/mol. The van der Waals surface area contributed by atoms with E-state index in [1.165, 1.54) is 12.0 Å². The Balaban J connectivity index is 0.00000112. The Morgan fingerprint density at radius 1 is 1.60 bits per heavy atom. The van der Waals surface area contributed by atoms with E-state index in [1.54, 1.807) is 0 Å². The van der Waals surface area contributed by atoms with E-state index in [0.717, 1.165) is 25.5 Å². The lowest BCUT2D eigenvalue weighted by molar-refractivity contribution is 0.602. The van der Waals surface area contributed by atoms with Gasteiger partial charge >= 0.3 is 0 Å². The molecule has 1 aromatic heterocycles. The number of halogens is 1. The Morgan fingerprint density at radius 3 is 3.00 bits per heavy atom. The second-order valence-electron chi connectivity index (χ2n) is 4.03. The third-order valence-corrected chi connectivity index (χ3v) is 2.84. The van der Waals surface area contributed by atoms with Crippen molar-refractivity contribution < 1.29 is 0 Å². The van der Waals surface area contributed by atoms with Crippen LogP contribution >= 0.6 is 12.4 Å².